The van der Waals surface area contributed by atoms with Gasteiger partial charge in [-0.3, -0.25) is 4.79 Å². The highest BCUT2D eigenvalue weighted by atomic mass is 16.4. The molecule has 0 amide bonds. The van der Waals surface area contributed by atoms with Crippen LogP contribution in [0.4, 0.5) is 11.4 Å². The minimum atomic E-state index is -0.847. The smallest absolute Gasteiger partial charge is 0.307 e. The van der Waals surface area contributed by atoms with Gasteiger partial charge >= 0.3 is 5.97 Å². The van der Waals surface area contributed by atoms with E-state index in [0.29, 0.717) is 5.56 Å². The van der Waals surface area contributed by atoms with Crippen molar-refractivity contribution in [1.29, 1.82) is 5.26 Å². The number of aliphatic carboxylic acids is 1. The number of nitrogens with one attached hydrogen (secondary N) is 1. The van der Waals surface area contributed by atoms with Crippen molar-refractivity contribution in [3.05, 3.63) is 59.2 Å². The standard InChI is InChI=1S/C16H14N2O2/c1-11-8-12(9-16(19)20)6-7-14(11)18-15-5-3-2-4-13(15)10-17/h2-8,18H,9H2,1H3,(H,19,20). The number of benzene rings is 2. The van der Waals surface area contributed by atoms with Crippen LogP contribution in [0.25, 0.3) is 0 Å². The van der Waals surface area contributed by atoms with Crippen LogP contribution in [0.3, 0.4) is 0 Å². The fourth-order valence-corrected chi connectivity index (χ4v) is 1.99. The third kappa shape index (κ3) is 3.15. The van der Waals surface area contributed by atoms with Crippen LogP contribution in [0.15, 0.2) is 42.5 Å². The van der Waals surface area contributed by atoms with Crippen LogP contribution in [-0.2, 0) is 11.2 Å². The van der Waals surface area contributed by atoms with E-state index in [9.17, 15) is 4.79 Å². The van der Waals surface area contributed by atoms with Crippen LogP contribution in [-0.4, -0.2) is 11.1 Å². The van der Waals surface area contributed by atoms with Crippen molar-refractivity contribution in [2.24, 2.45) is 0 Å². The fourth-order valence-electron chi connectivity index (χ4n) is 1.99. The highest BCUT2D eigenvalue weighted by Crippen LogP contribution is 2.24. The van der Waals surface area contributed by atoms with Gasteiger partial charge < -0.3 is 10.4 Å². The van der Waals surface area contributed by atoms with E-state index in [0.717, 1.165) is 22.5 Å². The number of para-hydroxylation sites is 1. The summed E-state index contributed by atoms with van der Waals surface area (Å²) in [6.45, 7) is 1.91. The molecule has 20 heavy (non-hydrogen) atoms. The SMILES string of the molecule is Cc1cc(CC(=O)O)ccc1Nc1ccccc1C#N. The van der Waals surface area contributed by atoms with Gasteiger partial charge in [0.1, 0.15) is 6.07 Å². The van der Waals surface area contributed by atoms with Crippen molar-refractivity contribution < 1.29 is 9.90 Å². The van der Waals surface area contributed by atoms with Crippen LogP contribution in [0, 0.1) is 18.3 Å². The molecule has 100 valence electrons. The van der Waals surface area contributed by atoms with E-state index < -0.39 is 5.97 Å². The van der Waals surface area contributed by atoms with Gasteiger partial charge in [0.05, 0.1) is 17.7 Å². The fraction of sp³-hybridized carbons (Fsp3) is 0.125. The van der Waals surface area contributed by atoms with Crippen LogP contribution in [0.2, 0.25) is 0 Å². The number of carboxylic acids is 1. The Bertz CT molecular complexity index is 687. The zero-order valence-corrected chi connectivity index (χ0v) is 11.1. The average Bonchev–Trinajstić information content (AvgIpc) is 2.42. The molecule has 2 aromatic rings. The van der Waals surface area contributed by atoms with Gasteiger partial charge in [-0.05, 0) is 36.2 Å². The number of nitrogens with zero attached hydrogens (tertiary/aromatic N) is 1. The van der Waals surface area contributed by atoms with Crippen molar-refractivity contribution in [1.82, 2.24) is 0 Å². The second kappa shape index (κ2) is 5.89. The molecule has 0 aliphatic carbocycles. The Morgan fingerprint density at radius 2 is 2.00 bits per heavy atom. The zero-order valence-electron chi connectivity index (χ0n) is 11.1. The lowest BCUT2D eigenvalue weighted by atomic mass is 10.1. The van der Waals surface area contributed by atoms with Crippen LogP contribution in [0.5, 0.6) is 0 Å². The molecule has 0 unspecified atom stereocenters. The van der Waals surface area contributed by atoms with E-state index in [2.05, 4.69) is 11.4 Å². The largest absolute Gasteiger partial charge is 0.481 e. The molecular weight excluding hydrogens is 252 g/mol. The van der Waals surface area contributed by atoms with Gasteiger partial charge in [0.2, 0.25) is 0 Å². The lowest BCUT2D eigenvalue weighted by molar-refractivity contribution is -0.136. The third-order valence-electron chi connectivity index (χ3n) is 2.96. The molecule has 0 bridgehead atoms. The quantitative estimate of drug-likeness (QED) is 0.891. The Hall–Kier alpha value is -2.80. The predicted octanol–water partition coefficient (Wildman–Crippen LogP) is 3.24. The summed E-state index contributed by atoms with van der Waals surface area (Å²) in [5.41, 5.74) is 3.87. The first-order chi connectivity index (χ1) is 9.60. The first-order valence-electron chi connectivity index (χ1n) is 6.17. The third-order valence-corrected chi connectivity index (χ3v) is 2.96. The Labute approximate surface area is 117 Å². The van der Waals surface area contributed by atoms with E-state index in [4.69, 9.17) is 10.4 Å². The molecule has 0 aliphatic heterocycles. The summed E-state index contributed by atoms with van der Waals surface area (Å²) in [7, 11) is 0. The van der Waals surface area contributed by atoms with Gasteiger partial charge in [-0.15, -0.1) is 0 Å². The van der Waals surface area contributed by atoms with Crippen LogP contribution >= 0.6 is 0 Å². The van der Waals surface area contributed by atoms with Crippen molar-refractivity contribution >= 4 is 17.3 Å². The number of carboxylic acid groups (broad SMARTS) is 1. The minimum Gasteiger partial charge on any atom is -0.481 e. The van der Waals surface area contributed by atoms with Crippen molar-refractivity contribution in [3.63, 3.8) is 0 Å². The highest BCUT2D eigenvalue weighted by Gasteiger charge is 2.06. The predicted molar refractivity (Wildman–Crippen MR) is 77.0 cm³/mol. The molecule has 0 radical (unpaired) electrons. The second-order valence-electron chi connectivity index (χ2n) is 4.50. The summed E-state index contributed by atoms with van der Waals surface area (Å²) >= 11 is 0. The number of rotatable bonds is 4. The lowest BCUT2D eigenvalue weighted by Crippen LogP contribution is -2.01. The highest BCUT2D eigenvalue weighted by molar-refractivity contribution is 5.72. The molecule has 0 fully saturated rings. The van der Waals surface area contributed by atoms with Crippen LogP contribution in [0.1, 0.15) is 16.7 Å². The molecule has 0 heterocycles. The Morgan fingerprint density at radius 3 is 2.65 bits per heavy atom. The summed E-state index contributed by atoms with van der Waals surface area (Å²) < 4.78 is 0. The maximum absolute atomic E-state index is 10.7. The first kappa shape index (κ1) is 13.6. The number of carbonyl (C=O) groups is 1. The van der Waals surface area contributed by atoms with Gasteiger partial charge in [0.25, 0.3) is 0 Å². The summed E-state index contributed by atoms with van der Waals surface area (Å²) in [6.07, 6.45) is 0.00982. The van der Waals surface area contributed by atoms with E-state index in [1.165, 1.54) is 0 Å². The Morgan fingerprint density at radius 1 is 1.25 bits per heavy atom. The topological polar surface area (TPSA) is 73.1 Å². The van der Waals surface area contributed by atoms with E-state index in [1.807, 2.05) is 37.3 Å². The zero-order chi connectivity index (χ0) is 14.5. The normalized spacial score (nSPS) is 9.80. The lowest BCUT2D eigenvalue weighted by Gasteiger charge is -2.12. The molecule has 4 heteroatoms. The molecule has 0 atom stereocenters. The monoisotopic (exact) mass is 266 g/mol. The maximum atomic E-state index is 10.7. The summed E-state index contributed by atoms with van der Waals surface area (Å²) in [5, 5.41) is 21.0. The molecule has 0 spiro atoms. The first-order valence-corrected chi connectivity index (χ1v) is 6.17. The Kier molecular flexibility index (Phi) is 4.02. The number of anilines is 2. The van der Waals surface area contributed by atoms with Gasteiger partial charge in [-0.25, -0.2) is 0 Å². The van der Waals surface area contributed by atoms with E-state index in [-0.39, 0.29) is 6.42 Å². The molecular formula is C16H14N2O2. The molecule has 2 aromatic carbocycles. The second-order valence-corrected chi connectivity index (χ2v) is 4.50. The number of aryl methyl sites for hydroxylation is 1. The van der Waals surface area contributed by atoms with Gasteiger partial charge in [-0.2, -0.15) is 5.26 Å². The van der Waals surface area contributed by atoms with Gasteiger partial charge in [0, 0.05) is 5.69 Å². The van der Waals surface area contributed by atoms with Gasteiger partial charge in [-0.1, -0.05) is 24.3 Å². The van der Waals surface area contributed by atoms with Crippen molar-refractivity contribution in [3.8, 4) is 6.07 Å². The van der Waals surface area contributed by atoms with E-state index >= 15 is 0 Å². The number of hydrogen-bond acceptors (Lipinski definition) is 3. The number of hydrogen-bond donors (Lipinski definition) is 2. The molecule has 0 aliphatic rings. The number of nitriles is 1. The molecule has 4 nitrogen and oxygen atoms in total. The van der Waals surface area contributed by atoms with Crippen molar-refractivity contribution in [2.75, 3.05) is 5.32 Å². The van der Waals surface area contributed by atoms with Gasteiger partial charge in [0.15, 0.2) is 0 Å². The van der Waals surface area contributed by atoms with E-state index in [1.54, 1.807) is 12.1 Å². The molecule has 2 N–H and O–H groups in total. The summed E-state index contributed by atoms with van der Waals surface area (Å²) in [5.74, 6) is -0.847. The summed E-state index contributed by atoms with van der Waals surface area (Å²) in [6, 6.07) is 14.8. The Balaban J connectivity index is 2.26. The van der Waals surface area contributed by atoms with Crippen molar-refractivity contribution in [2.45, 2.75) is 13.3 Å². The average molecular weight is 266 g/mol. The summed E-state index contributed by atoms with van der Waals surface area (Å²) in [4.78, 5) is 10.7. The van der Waals surface area contributed by atoms with Crippen LogP contribution < -0.4 is 5.32 Å². The minimum absolute atomic E-state index is 0.00982. The molecule has 0 saturated heterocycles. The molecule has 0 aromatic heterocycles. The maximum Gasteiger partial charge on any atom is 0.307 e. The molecule has 0 saturated carbocycles. The molecule has 2 rings (SSSR count).